The maximum absolute atomic E-state index is 5.50. The van der Waals surface area contributed by atoms with E-state index in [1.807, 2.05) is 0 Å². The number of aromatic nitrogens is 2. The van der Waals surface area contributed by atoms with E-state index >= 15 is 0 Å². The number of hydrogen-bond donors (Lipinski definition) is 0. The molecule has 0 N–H and O–H groups in total. The number of imidazole rings is 1. The van der Waals surface area contributed by atoms with Crippen LogP contribution in [-0.4, -0.2) is 9.55 Å². The third-order valence-corrected chi connectivity index (χ3v) is 10.1. The molecule has 3 nitrogen and oxygen atoms in total. The molecule has 0 saturated heterocycles. The molecule has 0 aliphatic rings. The highest BCUT2D eigenvalue weighted by molar-refractivity contribution is 9.10. The first-order valence-electron chi connectivity index (χ1n) is 16.3. The Labute approximate surface area is 288 Å². The Morgan fingerprint density at radius 3 is 1.80 bits per heavy atom. The zero-order valence-electron chi connectivity index (χ0n) is 26.3. The summed E-state index contributed by atoms with van der Waals surface area (Å²) in [6.45, 7) is 5.55. The summed E-state index contributed by atoms with van der Waals surface area (Å²) in [5.41, 5.74) is 6.77. The predicted octanol–water partition coefficient (Wildman–Crippen LogP) is 13.2. The molecule has 0 aliphatic carbocycles. The van der Waals surface area contributed by atoms with E-state index in [9.17, 15) is 0 Å². The summed E-state index contributed by atoms with van der Waals surface area (Å²) in [4.78, 5) is 7.81. The van der Waals surface area contributed by atoms with Crippen LogP contribution >= 0.6 is 31.9 Å². The Balaban J connectivity index is 1.44. The molecule has 46 heavy (non-hydrogen) atoms. The van der Waals surface area contributed by atoms with Crippen LogP contribution in [0.25, 0.3) is 44.0 Å². The fraction of sp³-hybridized carbons (Fsp3) is 0.195. The van der Waals surface area contributed by atoms with Crippen LogP contribution in [0.5, 0.6) is 0 Å². The predicted molar refractivity (Wildman–Crippen MR) is 204 cm³/mol. The summed E-state index contributed by atoms with van der Waals surface area (Å²) >= 11 is 7.54. The number of anilines is 3. The molecule has 0 amide bonds. The summed E-state index contributed by atoms with van der Waals surface area (Å²) < 4.78 is 4.67. The van der Waals surface area contributed by atoms with Gasteiger partial charge in [-0.15, -0.1) is 0 Å². The second kappa shape index (κ2) is 13.4. The van der Waals surface area contributed by atoms with Gasteiger partial charge in [0.2, 0.25) is 0 Å². The summed E-state index contributed by atoms with van der Waals surface area (Å²) in [7, 11) is 0. The van der Waals surface area contributed by atoms with Crippen LogP contribution in [-0.2, 0) is 6.54 Å². The molecule has 230 valence electrons. The number of para-hydroxylation sites is 2. The second-order valence-corrected chi connectivity index (χ2v) is 13.9. The summed E-state index contributed by atoms with van der Waals surface area (Å²) in [5, 5.41) is 4.89. The van der Waals surface area contributed by atoms with Gasteiger partial charge in [0.15, 0.2) is 0 Å². The van der Waals surface area contributed by atoms with E-state index in [1.165, 1.54) is 46.3 Å². The van der Waals surface area contributed by atoms with Gasteiger partial charge in [-0.1, -0.05) is 114 Å². The van der Waals surface area contributed by atoms with Gasteiger partial charge in [-0.25, -0.2) is 4.98 Å². The Hall–Kier alpha value is -3.93. The normalized spacial score (nSPS) is 12.3. The van der Waals surface area contributed by atoms with Crippen LogP contribution in [0.4, 0.5) is 17.1 Å². The molecule has 0 fully saturated rings. The van der Waals surface area contributed by atoms with Gasteiger partial charge in [0, 0.05) is 48.9 Å². The van der Waals surface area contributed by atoms with Crippen molar-refractivity contribution in [3.05, 3.63) is 130 Å². The molecule has 0 bridgehead atoms. The molecule has 1 unspecified atom stereocenters. The van der Waals surface area contributed by atoms with Crippen molar-refractivity contribution in [2.45, 2.75) is 46.1 Å². The molecule has 7 rings (SSSR count). The largest absolute Gasteiger partial charge is 0.323 e. The second-order valence-electron chi connectivity index (χ2n) is 12.1. The summed E-state index contributed by atoms with van der Waals surface area (Å²) in [6, 6.07) is 43.4. The maximum atomic E-state index is 5.50. The maximum Gasteiger partial charge on any atom is 0.141 e. The molecule has 0 saturated carbocycles. The first kappa shape index (κ1) is 30.7. The van der Waals surface area contributed by atoms with E-state index in [1.54, 1.807) is 0 Å². The van der Waals surface area contributed by atoms with Crippen LogP contribution in [0.3, 0.4) is 0 Å². The lowest BCUT2D eigenvalue weighted by atomic mass is 9.97. The highest BCUT2D eigenvalue weighted by Crippen LogP contribution is 2.41. The minimum absolute atomic E-state index is 0.572. The SMILES string of the molecule is CCCCC(CC)Cn1c(-c2ccc(N(c3ccccc3)c3ccccc3)cc2)nc2c3cc(Br)ccc3c3ccc(Br)cc3c21. The zero-order valence-corrected chi connectivity index (χ0v) is 29.4. The minimum Gasteiger partial charge on any atom is -0.323 e. The molecule has 0 spiro atoms. The molecule has 0 radical (unpaired) electrons. The van der Waals surface area contributed by atoms with Crippen molar-refractivity contribution in [2.24, 2.45) is 5.92 Å². The Morgan fingerprint density at radius 2 is 1.22 bits per heavy atom. The lowest BCUT2D eigenvalue weighted by Crippen LogP contribution is -2.12. The number of benzene rings is 6. The quantitative estimate of drug-likeness (QED) is 0.131. The van der Waals surface area contributed by atoms with Gasteiger partial charge in [-0.2, -0.15) is 0 Å². The van der Waals surface area contributed by atoms with E-state index in [-0.39, 0.29) is 0 Å². The van der Waals surface area contributed by atoms with Crippen LogP contribution in [0.2, 0.25) is 0 Å². The molecular formula is C41H37Br2N3. The van der Waals surface area contributed by atoms with E-state index in [4.69, 9.17) is 4.98 Å². The van der Waals surface area contributed by atoms with E-state index in [0.29, 0.717) is 5.92 Å². The zero-order chi connectivity index (χ0) is 31.6. The third kappa shape index (κ3) is 5.87. The van der Waals surface area contributed by atoms with Crippen LogP contribution in [0.15, 0.2) is 130 Å². The number of halogens is 2. The average molecular weight is 732 g/mol. The van der Waals surface area contributed by atoms with Gasteiger partial charge in [0.25, 0.3) is 0 Å². The topological polar surface area (TPSA) is 21.1 Å². The number of rotatable bonds is 10. The van der Waals surface area contributed by atoms with E-state index < -0.39 is 0 Å². The fourth-order valence-corrected chi connectivity index (χ4v) is 7.46. The molecule has 1 heterocycles. The summed E-state index contributed by atoms with van der Waals surface area (Å²) in [5.74, 6) is 1.60. The number of unbranched alkanes of at least 4 members (excludes halogenated alkanes) is 1. The van der Waals surface area contributed by atoms with Gasteiger partial charge >= 0.3 is 0 Å². The first-order valence-corrected chi connectivity index (χ1v) is 17.9. The van der Waals surface area contributed by atoms with Crippen LogP contribution in [0, 0.1) is 5.92 Å². The molecule has 7 aromatic rings. The highest BCUT2D eigenvalue weighted by atomic mass is 79.9. The van der Waals surface area contributed by atoms with Gasteiger partial charge < -0.3 is 9.47 Å². The Morgan fingerprint density at radius 1 is 0.652 bits per heavy atom. The van der Waals surface area contributed by atoms with Gasteiger partial charge in [-0.3, -0.25) is 0 Å². The van der Waals surface area contributed by atoms with Crippen molar-refractivity contribution < 1.29 is 0 Å². The van der Waals surface area contributed by atoms with E-state index in [0.717, 1.165) is 55.9 Å². The number of fused-ring (bicyclic) bond motifs is 6. The Kier molecular flexibility index (Phi) is 8.97. The Bertz CT molecular complexity index is 2080. The van der Waals surface area contributed by atoms with Crippen LogP contribution in [0.1, 0.15) is 39.5 Å². The van der Waals surface area contributed by atoms with Crippen molar-refractivity contribution in [3.63, 3.8) is 0 Å². The lowest BCUT2D eigenvalue weighted by molar-refractivity contribution is 0.397. The lowest BCUT2D eigenvalue weighted by Gasteiger charge is -2.25. The number of nitrogens with zero attached hydrogens (tertiary/aromatic N) is 3. The smallest absolute Gasteiger partial charge is 0.141 e. The molecule has 0 aliphatic heterocycles. The van der Waals surface area contributed by atoms with Crippen molar-refractivity contribution in [1.82, 2.24) is 9.55 Å². The fourth-order valence-electron chi connectivity index (χ4n) is 6.74. The summed E-state index contributed by atoms with van der Waals surface area (Å²) in [6.07, 6.45) is 4.81. The third-order valence-electron chi connectivity index (χ3n) is 9.13. The standard InChI is InChI=1S/C41H37Br2N3/c1-3-5-12-28(4-2)27-45-40-38-26-31(43)20-24-36(38)35-23-19-30(42)25-37(35)39(40)44-41(45)29-17-21-34(22-18-29)46(32-13-8-6-9-14-32)33-15-10-7-11-16-33/h6-11,13-26,28H,3-5,12,27H2,1-2H3. The van der Waals surface area contributed by atoms with Gasteiger partial charge in [-0.05, 0) is 95.9 Å². The van der Waals surface area contributed by atoms with Gasteiger partial charge in [0.05, 0.1) is 11.0 Å². The van der Waals surface area contributed by atoms with Crippen molar-refractivity contribution in [3.8, 4) is 11.4 Å². The molecule has 5 heteroatoms. The van der Waals surface area contributed by atoms with Gasteiger partial charge in [0.1, 0.15) is 5.82 Å². The van der Waals surface area contributed by atoms with Crippen molar-refractivity contribution in [2.75, 3.05) is 4.90 Å². The number of hydrogen-bond acceptors (Lipinski definition) is 2. The van der Waals surface area contributed by atoms with Crippen molar-refractivity contribution >= 4 is 81.5 Å². The molecule has 6 aromatic carbocycles. The average Bonchev–Trinajstić information content (AvgIpc) is 3.47. The van der Waals surface area contributed by atoms with E-state index in [2.05, 4.69) is 177 Å². The van der Waals surface area contributed by atoms with Crippen molar-refractivity contribution in [1.29, 1.82) is 0 Å². The monoisotopic (exact) mass is 729 g/mol. The highest BCUT2D eigenvalue weighted by Gasteiger charge is 2.22. The minimum atomic E-state index is 0.572. The first-order chi connectivity index (χ1) is 22.6. The molecule has 1 atom stereocenters. The van der Waals surface area contributed by atoms with Crippen LogP contribution < -0.4 is 4.90 Å². The molecular weight excluding hydrogens is 694 g/mol. The molecule has 1 aromatic heterocycles.